The van der Waals surface area contributed by atoms with Crippen LogP contribution in [0.1, 0.15) is 0 Å². The van der Waals surface area contributed by atoms with E-state index in [1.54, 1.807) is 0 Å². The Balaban J connectivity index is 2.99. The van der Waals surface area contributed by atoms with Gasteiger partial charge in [-0.25, -0.2) is 0 Å². The van der Waals surface area contributed by atoms with Crippen LogP contribution in [0.15, 0.2) is 24.2 Å². The fraction of sp³-hybridized carbons (Fsp3) is 0.167. The third kappa shape index (κ3) is 1.19. The molecule has 64 valence electrons. The highest BCUT2D eigenvalue weighted by molar-refractivity contribution is 5.59. The molecular formula is C6H7N2O4+. The number of hydrogen-bond acceptors (Lipinski definition) is 3. The van der Waals surface area contributed by atoms with Gasteiger partial charge in [0.05, 0.1) is 18.0 Å². The largest absolute Gasteiger partial charge is 0.523 e. The number of carbonyl (C=O) groups is 1. The van der Waals surface area contributed by atoms with Crippen LogP contribution in [0.4, 0.5) is 4.79 Å². The van der Waals surface area contributed by atoms with Gasteiger partial charge >= 0.3 is 11.8 Å². The highest BCUT2D eigenvalue weighted by atomic mass is 16.6. The molecular weight excluding hydrogens is 164 g/mol. The summed E-state index contributed by atoms with van der Waals surface area (Å²) in [4.78, 5) is 20.1. The molecule has 1 amide bonds. The summed E-state index contributed by atoms with van der Waals surface area (Å²) in [7, 11) is 1.34. The molecule has 1 atom stereocenters. The molecule has 0 saturated heterocycles. The molecule has 0 bridgehead atoms. The van der Waals surface area contributed by atoms with Crippen LogP contribution in [0, 0.1) is 10.1 Å². The van der Waals surface area contributed by atoms with Crippen molar-refractivity contribution in [1.82, 2.24) is 0 Å². The lowest BCUT2D eigenvalue weighted by atomic mass is 10.5. The molecule has 1 aliphatic rings. The van der Waals surface area contributed by atoms with Crippen LogP contribution in [0.3, 0.4) is 0 Å². The summed E-state index contributed by atoms with van der Waals surface area (Å²) in [6.07, 6.45) is 2.32. The van der Waals surface area contributed by atoms with Gasteiger partial charge in [0, 0.05) is 0 Å². The van der Waals surface area contributed by atoms with E-state index in [1.807, 2.05) is 0 Å². The molecule has 0 aromatic heterocycles. The molecule has 1 unspecified atom stereocenters. The second kappa shape index (κ2) is 2.42. The van der Waals surface area contributed by atoms with Gasteiger partial charge in [-0.2, -0.15) is 9.28 Å². The quantitative estimate of drug-likeness (QED) is 0.358. The summed E-state index contributed by atoms with van der Waals surface area (Å²) < 4.78 is -0.573. The second-order valence-electron chi connectivity index (χ2n) is 2.56. The van der Waals surface area contributed by atoms with Crippen LogP contribution < -0.4 is 0 Å². The van der Waals surface area contributed by atoms with Crippen molar-refractivity contribution in [3.05, 3.63) is 34.3 Å². The van der Waals surface area contributed by atoms with Crippen molar-refractivity contribution in [1.29, 1.82) is 0 Å². The van der Waals surface area contributed by atoms with Gasteiger partial charge in [0.15, 0.2) is 6.20 Å². The van der Waals surface area contributed by atoms with E-state index in [0.29, 0.717) is 0 Å². The SMILES string of the molecule is C[N+]1(C(=O)O)C=CC([N+](=O)[O-])=C1. The van der Waals surface area contributed by atoms with E-state index < -0.39 is 15.5 Å². The van der Waals surface area contributed by atoms with Crippen molar-refractivity contribution in [3.63, 3.8) is 0 Å². The van der Waals surface area contributed by atoms with Gasteiger partial charge in [0.1, 0.15) is 6.20 Å². The summed E-state index contributed by atoms with van der Waals surface area (Å²) in [5.74, 6) is 0. The fourth-order valence-corrected chi connectivity index (χ4v) is 0.819. The molecule has 0 fully saturated rings. The van der Waals surface area contributed by atoms with Gasteiger partial charge < -0.3 is 5.11 Å². The lowest BCUT2D eigenvalue weighted by Gasteiger charge is -2.12. The molecule has 1 aliphatic heterocycles. The Bertz CT molecular complexity index is 307. The van der Waals surface area contributed by atoms with Crippen LogP contribution in [0.2, 0.25) is 0 Å². The Kier molecular flexibility index (Phi) is 1.69. The summed E-state index contributed by atoms with van der Waals surface area (Å²) >= 11 is 0. The molecule has 0 aliphatic carbocycles. The highest BCUT2D eigenvalue weighted by Crippen LogP contribution is 2.18. The summed E-state index contributed by atoms with van der Waals surface area (Å²) in [5, 5.41) is 18.8. The Labute approximate surface area is 67.8 Å². The minimum Gasteiger partial charge on any atom is -0.435 e. The molecule has 0 aromatic rings. The van der Waals surface area contributed by atoms with E-state index in [0.717, 1.165) is 6.20 Å². The smallest absolute Gasteiger partial charge is 0.435 e. The zero-order valence-electron chi connectivity index (χ0n) is 6.30. The number of hydrogen-bond donors (Lipinski definition) is 1. The van der Waals surface area contributed by atoms with Crippen LogP contribution in [-0.2, 0) is 0 Å². The predicted molar refractivity (Wildman–Crippen MR) is 38.4 cm³/mol. The Morgan fingerprint density at radius 3 is 2.58 bits per heavy atom. The zero-order chi connectivity index (χ0) is 9.35. The summed E-state index contributed by atoms with van der Waals surface area (Å²) in [5.41, 5.74) is -0.195. The number of nitro groups is 1. The van der Waals surface area contributed by atoms with E-state index in [-0.39, 0.29) is 5.70 Å². The molecule has 0 spiro atoms. The first-order chi connectivity index (χ1) is 5.46. The van der Waals surface area contributed by atoms with E-state index in [4.69, 9.17) is 5.11 Å². The van der Waals surface area contributed by atoms with Gasteiger partial charge in [-0.15, -0.1) is 0 Å². The number of rotatable bonds is 1. The molecule has 1 heterocycles. The van der Waals surface area contributed by atoms with Crippen molar-refractivity contribution in [2.45, 2.75) is 0 Å². The molecule has 0 aromatic carbocycles. The number of carboxylic acid groups (broad SMARTS) is 1. The van der Waals surface area contributed by atoms with E-state index in [9.17, 15) is 14.9 Å². The number of allylic oxidation sites excluding steroid dienone is 1. The Morgan fingerprint density at radius 2 is 2.33 bits per heavy atom. The first-order valence-corrected chi connectivity index (χ1v) is 3.11. The van der Waals surface area contributed by atoms with Crippen molar-refractivity contribution >= 4 is 6.09 Å². The standard InChI is InChI=1S/C6H6N2O4/c1-8(6(9)10)3-2-5(4-8)7(11)12/h2-4H,1H3/p+1. The highest BCUT2D eigenvalue weighted by Gasteiger charge is 2.35. The minimum absolute atomic E-state index is 0.195. The minimum atomic E-state index is -1.15. The summed E-state index contributed by atoms with van der Waals surface area (Å²) in [6, 6.07) is 0. The molecule has 6 nitrogen and oxygen atoms in total. The van der Waals surface area contributed by atoms with E-state index in [2.05, 4.69) is 0 Å². The summed E-state index contributed by atoms with van der Waals surface area (Å²) in [6.45, 7) is 0. The van der Waals surface area contributed by atoms with Crippen LogP contribution in [0.25, 0.3) is 0 Å². The maximum absolute atomic E-state index is 10.5. The third-order valence-corrected chi connectivity index (χ3v) is 1.58. The van der Waals surface area contributed by atoms with E-state index >= 15 is 0 Å². The Morgan fingerprint density at radius 1 is 1.75 bits per heavy atom. The monoisotopic (exact) mass is 171 g/mol. The molecule has 12 heavy (non-hydrogen) atoms. The first kappa shape index (κ1) is 8.41. The first-order valence-electron chi connectivity index (χ1n) is 3.11. The molecule has 6 heteroatoms. The average molecular weight is 171 g/mol. The third-order valence-electron chi connectivity index (χ3n) is 1.58. The maximum Gasteiger partial charge on any atom is 0.523 e. The van der Waals surface area contributed by atoms with Crippen LogP contribution in [0.5, 0.6) is 0 Å². The van der Waals surface area contributed by atoms with Gasteiger partial charge in [-0.05, 0) is 0 Å². The maximum atomic E-state index is 10.5. The lowest BCUT2D eigenvalue weighted by Crippen LogP contribution is -2.36. The van der Waals surface area contributed by atoms with Gasteiger partial charge in [0.2, 0.25) is 0 Å². The van der Waals surface area contributed by atoms with Gasteiger partial charge in [-0.3, -0.25) is 10.1 Å². The van der Waals surface area contributed by atoms with Crippen molar-refractivity contribution in [3.8, 4) is 0 Å². The molecule has 1 rings (SSSR count). The van der Waals surface area contributed by atoms with Crippen LogP contribution in [-0.4, -0.2) is 27.7 Å². The van der Waals surface area contributed by atoms with Crippen LogP contribution >= 0.6 is 0 Å². The second-order valence-corrected chi connectivity index (χ2v) is 2.56. The van der Waals surface area contributed by atoms with Crippen molar-refractivity contribution in [2.75, 3.05) is 7.05 Å². The lowest BCUT2D eigenvalue weighted by molar-refractivity contribution is -0.727. The Hall–Kier alpha value is -1.69. The normalized spacial score (nSPS) is 26.9. The van der Waals surface area contributed by atoms with E-state index in [1.165, 1.54) is 19.3 Å². The molecule has 1 N–H and O–H groups in total. The predicted octanol–water partition coefficient (Wildman–Crippen LogP) is 0.756. The molecule has 0 radical (unpaired) electrons. The number of quaternary nitrogens is 1. The van der Waals surface area contributed by atoms with Crippen molar-refractivity contribution in [2.24, 2.45) is 0 Å². The van der Waals surface area contributed by atoms with Crippen molar-refractivity contribution < 1.29 is 19.3 Å². The van der Waals surface area contributed by atoms with Gasteiger partial charge in [-0.1, -0.05) is 0 Å². The topological polar surface area (TPSA) is 80.4 Å². The molecule has 0 saturated carbocycles. The fourth-order valence-electron chi connectivity index (χ4n) is 0.819. The van der Waals surface area contributed by atoms with Gasteiger partial charge in [0.25, 0.3) is 0 Å². The average Bonchev–Trinajstić information content (AvgIpc) is 2.33. The zero-order valence-corrected chi connectivity index (χ0v) is 6.30. The number of amides is 1. The number of nitrogens with zero attached hydrogens (tertiary/aromatic N) is 2.